The van der Waals surface area contributed by atoms with Crippen LogP contribution < -0.4 is 27.4 Å². The van der Waals surface area contributed by atoms with Gasteiger partial charge in [0.2, 0.25) is 0 Å². The molecular formula is C28H30FN5O4. The number of hydrogen-bond donors (Lipinski definition) is 3. The lowest BCUT2D eigenvalue weighted by Gasteiger charge is -2.19. The van der Waals surface area contributed by atoms with Crippen LogP contribution >= 0.6 is 0 Å². The van der Waals surface area contributed by atoms with Crippen LogP contribution in [0.5, 0.6) is 0 Å². The molecule has 10 heteroatoms. The average molecular weight is 520 g/mol. The largest absolute Gasteiger partial charge is 0.349 e. The summed E-state index contributed by atoms with van der Waals surface area (Å²) in [6, 6.07) is 11.1. The summed E-state index contributed by atoms with van der Waals surface area (Å²) in [5.74, 6) is -0.803. The zero-order chi connectivity index (χ0) is 27.7. The SMILES string of the molecule is CC.Cc1ccc(Nc2c3c(=O)[nH]c(=O)n(-c4cccc(C(=O)NC5CC5)c4)c3c(C)c(=O)n2C)c(F)c1. The summed E-state index contributed by atoms with van der Waals surface area (Å²) in [4.78, 5) is 54.2. The van der Waals surface area contributed by atoms with Gasteiger partial charge in [-0.05, 0) is 62.6 Å². The molecular weight excluding hydrogens is 489 g/mol. The highest BCUT2D eigenvalue weighted by atomic mass is 19.1. The summed E-state index contributed by atoms with van der Waals surface area (Å²) < 4.78 is 17.0. The predicted molar refractivity (Wildman–Crippen MR) is 146 cm³/mol. The summed E-state index contributed by atoms with van der Waals surface area (Å²) >= 11 is 0. The number of aromatic nitrogens is 3. The third-order valence-electron chi connectivity index (χ3n) is 6.32. The fraction of sp³-hybridized carbons (Fsp3) is 0.286. The molecule has 38 heavy (non-hydrogen) atoms. The van der Waals surface area contributed by atoms with Crippen LogP contribution in [0.25, 0.3) is 16.6 Å². The van der Waals surface area contributed by atoms with Crippen LogP contribution in [0.15, 0.2) is 56.8 Å². The van der Waals surface area contributed by atoms with Gasteiger partial charge >= 0.3 is 5.69 Å². The molecule has 1 aliphatic rings. The van der Waals surface area contributed by atoms with Gasteiger partial charge in [0, 0.05) is 24.2 Å². The molecule has 0 saturated heterocycles. The first-order valence-corrected chi connectivity index (χ1v) is 12.5. The number of anilines is 2. The van der Waals surface area contributed by atoms with E-state index in [0.717, 1.165) is 12.8 Å². The molecule has 3 N–H and O–H groups in total. The van der Waals surface area contributed by atoms with Crippen molar-refractivity contribution in [2.24, 2.45) is 7.05 Å². The topological polar surface area (TPSA) is 118 Å². The van der Waals surface area contributed by atoms with Crippen molar-refractivity contribution in [1.29, 1.82) is 0 Å². The second-order valence-electron chi connectivity index (χ2n) is 9.06. The first-order valence-electron chi connectivity index (χ1n) is 12.5. The maximum atomic E-state index is 14.6. The molecule has 1 amide bonds. The zero-order valence-corrected chi connectivity index (χ0v) is 21.9. The number of nitrogens with zero attached hydrogens (tertiary/aromatic N) is 2. The van der Waals surface area contributed by atoms with Crippen molar-refractivity contribution in [3.8, 4) is 5.69 Å². The smallest absolute Gasteiger partial charge is 0.333 e. The van der Waals surface area contributed by atoms with E-state index in [9.17, 15) is 23.6 Å². The summed E-state index contributed by atoms with van der Waals surface area (Å²) in [5, 5.41) is 5.77. The van der Waals surface area contributed by atoms with Gasteiger partial charge in [0.15, 0.2) is 0 Å². The van der Waals surface area contributed by atoms with Crippen LogP contribution in [0.4, 0.5) is 15.9 Å². The lowest BCUT2D eigenvalue weighted by molar-refractivity contribution is 0.0951. The second-order valence-corrected chi connectivity index (χ2v) is 9.06. The molecule has 0 spiro atoms. The van der Waals surface area contributed by atoms with Gasteiger partial charge in [-0.2, -0.15) is 0 Å². The van der Waals surface area contributed by atoms with E-state index in [1.165, 1.54) is 41.3 Å². The highest BCUT2D eigenvalue weighted by molar-refractivity contribution is 5.96. The maximum Gasteiger partial charge on any atom is 0.333 e. The number of fused-ring (bicyclic) bond motifs is 1. The van der Waals surface area contributed by atoms with E-state index in [0.29, 0.717) is 16.8 Å². The number of H-pyrrole nitrogens is 1. The first-order chi connectivity index (χ1) is 18.2. The second kappa shape index (κ2) is 10.5. The summed E-state index contributed by atoms with van der Waals surface area (Å²) in [6.07, 6.45) is 1.85. The van der Waals surface area contributed by atoms with E-state index in [1.807, 2.05) is 13.8 Å². The molecule has 5 rings (SSSR count). The standard InChI is InChI=1S/C26H24FN5O4.C2H6/c1-13-7-10-19(18(27)11-13)29-22-20-21(14(2)25(35)31(22)3)32(26(36)30-24(20)34)17-6-4-5-15(12-17)23(33)28-16-8-9-16;1-2/h4-7,10-12,16,29H,8-9H2,1-3H3,(H,28,33)(H,30,34,36);1-2H3. The summed E-state index contributed by atoms with van der Waals surface area (Å²) in [6.45, 7) is 7.26. The van der Waals surface area contributed by atoms with E-state index in [2.05, 4.69) is 15.6 Å². The Morgan fingerprint density at radius 3 is 2.42 bits per heavy atom. The number of benzene rings is 2. The monoisotopic (exact) mass is 519 g/mol. The third-order valence-corrected chi connectivity index (χ3v) is 6.32. The minimum Gasteiger partial charge on any atom is -0.349 e. The minimum atomic E-state index is -0.768. The van der Waals surface area contributed by atoms with Crippen LogP contribution in [-0.2, 0) is 7.05 Å². The van der Waals surface area contributed by atoms with E-state index < -0.39 is 22.6 Å². The van der Waals surface area contributed by atoms with Crippen LogP contribution in [0.2, 0.25) is 0 Å². The van der Waals surface area contributed by atoms with Crippen molar-refractivity contribution >= 4 is 28.3 Å². The number of nitrogens with one attached hydrogen (secondary N) is 3. The van der Waals surface area contributed by atoms with Crippen molar-refractivity contribution in [2.45, 2.75) is 46.6 Å². The van der Waals surface area contributed by atoms with Crippen LogP contribution in [0.3, 0.4) is 0 Å². The van der Waals surface area contributed by atoms with Gasteiger partial charge in [-0.3, -0.25) is 28.5 Å². The van der Waals surface area contributed by atoms with Gasteiger partial charge in [-0.1, -0.05) is 26.0 Å². The highest BCUT2D eigenvalue weighted by Gasteiger charge is 2.25. The Balaban J connectivity index is 0.00000164. The Bertz CT molecular complexity index is 1730. The molecule has 0 aliphatic heterocycles. The molecule has 2 aromatic heterocycles. The summed E-state index contributed by atoms with van der Waals surface area (Å²) in [5.41, 5.74) is -0.340. The van der Waals surface area contributed by atoms with Gasteiger partial charge in [0.1, 0.15) is 17.0 Å². The van der Waals surface area contributed by atoms with E-state index in [4.69, 9.17) is 0 Å². The molecule has 4 aromatic rings. The van der Waals surface area contributed by atoms with Crippen molar-refractivity contribution < 1.29 is 9.18 Å². The Kier molecular flexibility index (Phi) is 7.34. The lowest BCUT2D eigenvalue weighted by atomic mass is 10.1. The Labute approximate surface area is 218 Å². The first kappa shape index (κ1) is 26.6. The predicted octanol–water partition coefficient (Wildman–Crippen LogP) is 3.80. The van der Waals surface area contributed by atoms with Gasteiger partial charge < -0.3 is 10.6 Å². The maximum absolute atomic E-state index is 14.6. The highest BCUT2D eigenvalue weighted by Crippen LogP contribution is 2.27. The molecule has 0 atom stereocenters. The Morgan fingerprint density at radius 2 is 1.76 bits per heavy atom. The number of rotatable bonds is 5. The van der Waals surface area contributed by atoms with Gasteiger partial charge in [0.05, 0.1) is 16.9 Å². The molecule has 0 radical (unpaired) electrons. The normalized spacial score (nSPS) is 12.6. The Morgan fingerprint density at radius 1 is 1.05 bits per heavy atom. The minimum absolute atomic E-state index is 0.00186. The number of aromatic amines is 1. The molecule has 0 bridgehead atoms. The average Bonchev–Trinajstić information content (AvgIpc) is 3.71. The van der Waals surface area contributed by atoms with E-state index in [-0.39, 0.29) is 39.9 Å². The molecule has 198 valence electrons. The van der Waals surface area contributed by atoms with Crippen molar-refractivity contribution in [2.75, 3.05) is 5.32 Å². The zero-order valence-electron chi connectivity index (χ0n) is 21.9. The van der Waals surface area contributed by atoms with E-state index in [1.54, 1.807) is 31.2 Å². The fourth-order valence-electron chi connectivity index (χ4n) is 4.26. The number of aryl methyl sites for hydroxylation is 2. The number of halogens is 1. The summed E-state index contributed by atoms with van der Waals surface area (Å²) in [7, 11) is 1.46. The number of amides is 1. The fourth-order valence-corrected chi connectivity index (χ4v) is 4.26. The van der Waals surface area contributed by atoms with Gasteiger partial charge in [0.25, 0.3) is 17.0 Å². The van der Waals surface area contributed by atoms with Gasteiger partial charge in [-0.25, -0.2) is 9.18 Å². The van der Waals surface area contributed by atoms with Crippen molar-refractivity contribution in [3.63, 3.8) is 0 Å². The molecule has 1 saturated carbocycles. The number of hydrogen-bond acceptors (Lipinski definition) is 5. The lowest BCUT2D eigenvalue weighted by Crippen LogP contribution is -2.34. The molecule has 2 heterocycles. The Hall–Kier alpha value is -4.47. The van der Waals surface area contributed by atoms with Crippen LogP contribution in [-0.4, -0.2) is 26.1 Å². The number of pyridine rings is 1. The molecule has 9 nitrogen and oxygen atoms in total. The molecule has 0 unspecified atom stereocenters. The van der Waals surface area contributed by atoms with Crippen molar-refractivity contribution in [3.05, 3.63) is 96.2 Å². The molecule has 1 aliphatic carbocycles. The number of carbonyl (C=O) groups excluding carboxylic acids is 1. The van der Waals surface area contributed by atoms with Crippen LogP contribution in [0.1, 0.15) is 48.2 Å². The molecule has 1 fully saturated rings. The number of carbonyl (C=O) groups is 1. The third kappa shape index (κ3) is 4.89. The van der Waals surface area contributed by atoms with E-state index >= 15 is 0 Å². The van der Waals surface area contributed by atoms with Crippen LogP contribution in [0, 0.1) is 19.7 Å². The molecule has 2 aromatic carbocycles. The van der Waals surface area contributed by atoms with Crippen molar-refractivity contribution in [1.82, 2.24) is 19.4 Å². The quantitative estimate of drug-likeness (QED) is 0.371. The van der Waals surface area contributed by atoms with Gasteiger partial charge in [-0.15, -0.1) is 0 Å².